The van der Waals surface area contributed by atoms with Gasteiger partial charge in [-0.3, -0.25) is 9.69 Å². The first-order valence-corrected chi connectivity index (χ1v) is 7.98. The molecule has 6 nitrogen and oxygen atoms in total. The van der Waals surface area contributed by atoms with Crippen LogP contribution in [-0.2, 0) is 9.53 Å². The Morgan fingerprint density at radius 2 is 2.00 bits per heavy atom. The number of rotatable bonds is 2. The minimum atomic E-state index is 0.286. The molecule has 6 heteroatoms. The average Bonchev–Trinajstić information content (AvgIpc) is 2.50. The summed E-state index contributed by atoms with van der Waals surface area (Å²) in [5.74, 6) is 0. The van der Waals surface area contributed by atoms with Gasteiger partial charge in [0.15, 0.2) is 0 Å². The average molecular weight is 302 g/mol. The van der Waals surface area contributed by atoms with E-state index in [4.69, 9.17) is 10.5 Å². The number of hydrogen-bond donors (Lipinski definition) is 2. The van der Waals surface area contributed by atoms with Crippen molar-refractivity contribution in [1.82, 2.24) is 15.1 Å². The molecule has 0 saturated carbocycles. The number of nitrogens with zero attached hydrogens (tertiary/aromatic N) is 2. The molecule has 2 heterocycles. The van der Waals surface area contributed by atoms with Crippen LogP contribution in [0.1, 0.15) is 27.2 Å². The lowest BCUT2D eigenvalue weighted by atomic mass is 9.99. The topological polar surface area (TPSA) is 70.8 Å². The third-order valence-electron chi connectivity index (χ3n) is 3.44. The fourth-order valence-electron chi connectivity index (χ4n) is 2.47. The number of piperidine rings is 1. The van der Waals surface area contributed by atoms with Gasteiger partial charge in [-0.15, -0.1) is 0 Å². The summed E-state index contributed by atoms with van der Waals surface area (Å²) in [5.41, 5.74) is 6.11. The fraction of sp³-hybridized carbons (Fsp3) is 0.933. The van der Waals surface area contributed by atoms with Gasteiger partial charge < -0.3 is 20.7 Å². The smallest absolute Gasteiger partial charge is 0.209 e. The molecule has 0 aromatic heterocycles. The van der Waals surface area contributed by atoms with E-state index in [-0.39, 0.29) is 6.04 Å². The summed E-state index contributed by atoms with van der Waals surface area (Å²) in [5, 5.41) is 3.33. The predicted octanol–water partition coefficient (Wildman–Crippen LogP) is 0.127. The van der Waals surface area contributed by atoms with Gasteiger partial charge in [0.2, 0.25) is 6.41 Å². The molecule has 3 unspecified atom stereocenters. The lowest BCUT2D eigenvalue weighted by Gasteiger charge is -2.42. The Morgan fingerprint density at radius 3 is 2.48 bits per heavy atom. The minimum absolute atomic E-state index is 0.286. The van der Waals surface area contributed by atoms with Crippen LogP contribution in [0, 0.1) is 0 Å². The van der Waals surface area contributed by atoms with E-state index >= 15 is 0 Å². The molecular formula is C15H34N4O2. The Balaban J connectivity index is 0.000000489. The number of carbonyl (C=O) groups is 1. The van der Waals surface area contributed by atoms with Crippen molar-refractivity contribution < 1.29 is 9.53 Å². The first-order chi connectivity index (χ1) is 10.0. The summed E-state index contributed by atoms with van der Waals surface area (Å²) in [4.78, 5) is 13.4. The zero-order valence-electron chi connectivity index (χ0n) is 14.3. The summed E-state index contributed by atoms with van der Waals surface area (Å²) in [6, 6.07) is 0.844. The molecule has 0 radical (unpaired) electrons. The molecule has 1 amide bonds. The van der Waals surface area contributed by atoms with Crippen molar-refractivity contribution in [1.29, 1.82) is 0 Å². The molecule has 3 N–H and O–H groups in total. The van der Waals surface area contributed by atoms with Gasteiger partial charge in [-0.2, -0.15) is 0 Å². The van der Waals surface area contributed by atoms with E-state index in [1.807, 2.05) is 13.8 Å². The Morgan fingerprint density at radius 1 is 1.38 bits per heavy atom. The number of amides is 1. The number of morpholine rings is 1. The molecule has 2 aliphatic heterocycles. The number of hydrogen-bond acceptors (Lipinski definition) is 5. The van der Waals surface area contributed by atoms with E-state index in [1.54, 1.807) is 14.1 Å². The first-order valence-electron chi connectivity index (χ1n) is 7.98. The van der Waals surface area contributed by atoms with Gasteiger partial charge in [0.25, 0.3) is 0 Å². The largest absolute Gasteiger partial charge is 0.376 e. The summed E-state index contributed by atoms with van der Waals surface area (Å²) >= 11 is 0. The quantitative estimate of drug-likeness (QED) is 0.709. The zero-order valence-corrected chi connectivity index (χ0v) is 14.3. The van der Waals surface area contributed by atoms with E-state index in [0.29, 0.717) is 12.1 Å². The van der Waals surface area contributed by atoms with E-state index in [1.165, 1.54) is 11.3 Å². The van der Waals surface area contributed by atoms with E-state index in [2.05, 4.69) is 17.1 Å². The number of carbonyl (C=O) groups excluding carboxylic acids is 1. The lowest BCUT2D eigenvalue weighted by molar-refractivity contribution is -0.115. The lowest BCUT2D eigenvalue weighted by Crippen LogP contribution is -2.59. The van der Waals surface area contributed by atoms with Crippen LogP contribution >= 0.6 is 0 Å². The minimum Gasteiger partial charge on any atom is -0.376 e. The standard InChI is InChI=1S/C10H21N3O.C3H7NO.C2H6/c1-8-7-13(4-5-14-8)10-2-3-12-6-9(10)11;1-4(2)3-5;1-2/h8-10,12H,2-7,11H2,1H3;3H,1-2H3;1-2H3. The third kappa shape index (κ3) is 8.36. The summed E-state index contributed by atoms with van der Waals surface area (Å²) in [7, 11) is 3.38. The van der Waals surface area contributed by atoms with E-state index in [0.717, 1.165) is 39.2 Å². The molecule has 21 heavy (non-hydrogen) atoms. The first kappa shape index (κ1) is 20.3. The number of nitrogens with two attached hydrogens (primary N) is 1. The van der Waals surface area contributed by atoms with Crippen LogP contribution in [0.4, 0.5) is 0 Å². The number of nitrogens with one attached hydrogen (secondary N) is 1. The molecule has 0 spiro atoms. The second-order valence-electron chi connectivity index (χ2n) is 5.47. The normalized spacial score (nSPS) is 29.3. The second kappa shape index (κ2) is 11.9. The highest BCUT2D eigenvalue weighted by atomic mass is 16.5. The molecular weight excluding hydrogens is 268 g/mol. The molecule has 2 saturated heterocycles. The summed E-state index contributed by atoms with van der Waals surface area (Å²) in [6.07, 6.45) is 2.29. The van der Waals surface area contributed by atoms with Gasteiger partial charge in [0, 0.05) is 45.8 Å². The van der Waals surface area contributed by atoms with Gasteiger partial charge in [-0.05, 0) is 19.9 Å². The van der Waals surface area contributed by atoms with Crippen LogP contribution in [0.15, 0.2) is 0 Å². The molecule has 0 bridgehead atoms. The van der Waals surface area contributed by atoms with Crippen molar-refractivity contribution in [3.8, 4) is 0 Å². The molecule has 3 atom stereocenters. The molecule has 0 aromatic carbocycles. The van der Waals surface area contributed by atoms with Crippen molar-refractivity contribution in [3.63, 3.8) is 0 Å². The molecule has 0 aromatic rings. The monoisotopic (exact) mass is 302 g/mol. The van der Waals surface area contributed by atoms with Gasteiger partial charge in [-0.1, -0.05) is 13.8 Å². The Kier molecular flexibility index (Phi) is 11.5. The molecule has 2 aliphatic rings. The van der Waals surface area contributed by atoms with E-state index < -0.39 is 0 Å². The maximum Gasteiger partial charge on any atom is 0.209 e. The highest BCUT2D eigenvalue weighted by Crippen LogP contribution is 2.15. The molecule has 126 valence electrons. The highest BCUT2D eigenvalue weighted by molar-refractivity contribution is 5.45. The summed E-state index contributed by atoms with van der Waals surface area (Å²) < 4.78 is 5.54. The molecule has 2 fully saturated rings. The van der Waals surface area contributed by atoms with Gasteiger partial charge >= 0.3 is 0 Å². The van der Waals surface area contributed by atoms with Crippen molar-refractivity contribution in [2.24, 2.45) is 5.73 Å². The fourth-order valence-corrected chi connectivity index (χ4v) is 2.47. The van der Waals surface area contributed by atoms with Crippen molar-refractivity contribution in [2.45, 2.75) is 45.4 Å². The Labute approximate surface area is 130 Å². The molecule has 2 rings (SSSR count). The van der Waals surface area contributed by atoms with Crippen LogP contribution in [0.5, 0.6) is 0 Å². The van der Waals surface area contributed by atoms with Crippen molar-refractivity contribution in [3.05, 3.63) is 0 Å². The Bertz CT molecular complexity index is 264. The van der Waals surface area contributed by atoms with Gasteiger partial charge in [0.05, 0.1) is 12.7 Å². The third-order valence-corrected chi connectivity index (χ3v) is 3.44. The maximum atomic E-state index is 9.43. The zero-order chi connectivity index (χ0) is 16.3. The summed E-state index contributed by atoms with van der Waals surface area (Å²) in [6.45, 7) is 11.1. The van der Waals surface area contributed by atoms with Crippen LogP contribution in [0.25, 0.3) is 0 Å². The van der Waals surface area contributed by atoms with Crippen LogP contribution in [-0.4, -0.2) is 81.3 Å². The highest BCUT2D eigenvalue weighted by Gasteiger charge is 2.30. The van der Waals surface area contributed by atoms with Crippen molar-refractivity contribution >= 4 is 6.41 Å². The van der Waals surface area contributed by atoms with Crippen molar-refractivity contribution in [2.75, 3.05) is 46.9 Å². The maximum absolute atomic E-state index is 9.43. The second-order valence-corrected chi connectivity index (χ2v) is 5.47. The van der Waals surface area contributed by atoms with Crippen LogP contribution in [0.3, 0.4) is 0 Å². The predicted molar refractivity (Wildman–Crippen MR) is 87.3 cm³/mol. The van der Waals surface area contributed by atoms with E-state index in [9.17, 15) is 4.79 Å². The number of ether oxygens (including phenoxy) is 1. The van der Waals surface area contributed by atoms with Crippen LogP contribution < -0.4 is 11.1 Å². The van der Waals surface area contributed by atoms with Gasteiger partial charge in [-0.25, -0.2) is 0 Å². The SMILES string of the molecule is CC.CC1CN(C2CCNCC2N)CCO1.CN(C)C=O. The van der Waals surface area contributed by atoms with Crippen LogP contribution in [0.2, 0.25) is 0 Å². The van der Waals surface area contributed by atoms with Gasteiger partial charge in [0.1, 0.15) is 0 Å². The Hall–Kier alpha value is -0.690. The molecule has 0 aliphatic carbocycles.